The van der Waals surface area contributed by atoms with Crippen molar-refractivity contribution >= 4 is 28.6 Å². The van der Waals surface area contributed by atoms with E-state index in [-0.39, 0.29) is 11.5 Å². The first-order chi connectivity index (χ1) is 16.3. The number of rotatable bonds is 7. The van der Waals surface area contributed by atoms with E-state index in [0.717, 1.165) is 27.9 Å². The van der Waals surface area contributed by atoms with Gasteiger partial charge in [-0.25, -0.2) is 9.36 Å². The van der Waals surface area contributed by atoms with Gasteiger partial charge in [0.1, 0.15) is 6.04 Å². The minimum atomic E-state index is -0.751. The second-order valence-electron chi connectivity index (χ2n) is 8.46. The Labute approximate surface area is 203 Å². The summed E-state index contributed by atoms with van der Waals surface area (Å²) in [6, 6.07) is 15.5. The Hall–Kier alpha value is -3.39. The molecule has 2 aromatic carbocycles. The Bertz CT molecular complexity index is 1390. The first-order valence-electron chi connectivity index (χ1n) is 11.3. The van der Waals surface area contributed by atoms with Crippen molar-refractivity contribution in [1.29, 1.82) is 0 Å². The second-order valence-corrected chi connectivity index (χ2v) is 9.34. The summed E-state index contributed by atoms with van der Waals surface area (Å²) in [5, 5.41) is 12.7. The third kappa shape index (κ3) is 4.63. The van der Waals surface area contributed by atoms with Crippen molar-refractivity contribution in [2.24, 2.45) is 0 Å². The molecule has 0 aliphatic heterocycles. The SMILES string of the molecule is CSc1ccc(CCNC(=O)C(C)n2nc(C)c3c(C)n(-c4ccc(C)cc4)nc3c2=O)cc1. The van der Waals surface area contributed by atoms with Crippen LogP contribution < -0.4 is 10.9 Å². The summed E-state index contributed by atoms with van der Waals surface area (Å²) in [4.78, 5) is 27.3. The summed E-state index contributed by atoms with van der Waals surface area (Å²) in [5.41, 5.74) is 4.63. The van der Waals surface area contributed by atoms with Crippen LogP contribution in [-0.2, 0) is 11.2 Å². The third-order valence-corrected chi connectivity index (χ3v) is 6.79. The number of thioether (sulfide) groups is 1. The summed E-state index contributed by atoms with van der Waals surface area (Å²) in [7, 11) is 0. The van der Waals surface area contributed by atoms with E-state index in [1.54, 1.807) is 23.4 Å². The van der Waals surface area contributed by atoms with Crippen molar-refractivity contribution in [1.82, 2.24) is 24.9 Å². The molecule has 1 atom stereocenters. The number of nitrogens with one attached hydrogen (secondary N) is 1. The van der Waals surface area contributed by atoms with Gasteiger partial charge in [-0.1, -0.05) is 29.8 Å². The molecule has 1 N–H and O–H groups in total. The van der Waals surface area contributed by atoms with E-state index in [9.17, 15) is 9.59 Å². The molecule has 0 fully saturated rings. The van der Waals surface area contributed by atoms with Crippen molar-refractivity contribution in [2.75, 3.05) is 12.8 Å². The molecule has 2 aromatic heterocycles. The molecule has 0 aliphatic carbocycles. The molecule has 4 rings (SSSR count). The molecule has 4 aromatic rings. The minimum Gasteiger partial charge on any atom is -0.354 e. The zero-order chi connectivity index (χ0) is 24.4. The van der Waals surface area contributed by atoms with E-state index < -0.39 is 6.04 Å². The van der Waals surface area contributed by atoms with Crippen LogP contribution >= 0.6 is 11.8 Å². The van der Waals surface area contributed by atoms with Crippen LogP contribution in [0, 0.1) is 20.8 Å². The van der Waals surface area contributed by atoms with Crippen molar-refractivity contribution < 1.29 is 4.79 Å². The Kier molecular flexibility index (Phi) is 6.88. The van der Waals surface area contributed by atoms with Gasteiger partial charge in [0.2, 0.25) is 5.91 Å². The van der Waals surface area contributed by atoms with Crippen LogP contribution in [0.15, 0.2) is 58.2 Å². The van der Waals surface area contributed by atoms with Gasteiger partial charge in [-0.05, 0) is 70.2 Å². The maximum Gasteiger partial charge on any atom is 0.295 e. The molecule has 0 saturated carbocycles. The molecule has 0 spiro atoms. The van der Waals surface area contributed by atoms with Gasteiger partial charge in [-0.3, -0.25) is 9.59 Å². The van der Waals surface area contributed by atoms with Gasteiger partial charge in [-0.2, -0.15) is 10.2 Å². The van der Waals surface area contributed by atoms with Gasteiger partial charge in [0.15, 0.2) is 5.52 Å². The van der Waals surface area contributed by atoms with Crippen molar-refractivity contribution in [2.45, 2.75) is 45.1 Å². The average molecular weight is 476 g/mol. The number of hydrogen-bond acceptors (Lipinski definition) is 5. The van der Waals surface area contributed by atoms with Crippen LogP contribution in [0.25, 0.3) is 16.6 Å². The molecular formula is C26H29N5O2S. The van der Waals surface area contributed by atoms with E-state index in [0.29, 0.717) is 24.2 Å². The number of benzene rings is 2. The first-order valence-corrected chi connectivity index (χ1v) is 12.5. The molecule has 0 saturated heterocycles. The Morgan fingerprint density at radius 1 is 1.03 bits per heavy atom. The van der Waals surface area contributed by atoms with E-state index in [1.165, 1.54) is 9.58 Å². The number of carbonyl (C=O) groups is 1. The van der Waals surface area contributed by atoms with Gasteiger partial charge in [0.25, 0.3) is 5.56 Å². The van der Waals surface area contributed by atoms with Crippen LogP contribution in [0.3, 0.4) is 0 Å². The van der Waals surface area contributed by atoms with Crippen molar-refractivity contribution in [3.63, 3.8) is 0 Å². The number of carbonyl (C=O) groups excluding carboxylic acids is 1. The van der Waals surface area contributed by atoms with E-state index in [2.05, 4.69) is 39.8 Å². The van der Waals surface area contributed by atoms with Crippen LogP contribution in [0.5, 0.6) is 0 Å². The molecule has 0 aliphatic rings. The highest BCUT2D eigenvalue weighted by atomic mass is 32.2. The van der Waals surface area contributed by atoms with Crippen LogP contribution in [-0.4, -0.2) is 38.3 Å². The molecule has 0 bridgehead atoms. The standard InChI is InChI=1S/C26H29N5O2S/c1-16-6-10-21(11-7-16)30-18(3)23-17(2)28-31(26(33)24(23)29-30)19(4)25(32)27-15-14-20-8-12-22(34-5)13-9-20/h6-13,19H,14-15H2,1-5H3,(H,27,32). The summed E-state index contributed by atoms with van der Waals surface area (Å²) in [6.45, 7) is 7.96. The number of aryl methyl sites for hydroxylation is 3. The molecule has 0 radical (unpaired) electrons. The quantitative estimate of drug-likeness (QED) is 0.406. The predicted octanol–water partition coefficient (Wildman–Crippen LogP) is 4.15. The fourth-order valence-electron chi connectivity index (χ4n) is 4.03. The lowest BCUT2D eigenvalue weighted by Gasteiger charge is -2.15. The van der Waals surface area contributed by atoms with Gasteiger partial charge < -0.3 is 5.32 Å². The molecular weight excluding hydrogens is 446 g/mol. The Morgan fingerprint density at radius 3 is 2.35 bits per heavy atom. The molecule has 8 heteroatoms. The Balaban J connectivity index is 1.55. The molecule has 2 heterocycles. The zero-order valence-corrected chi connectivity index (χ0v) is 20.9. The third-order valence-electron chi connectivity index (χ3n) is 6.04. The predicted molar refractivity (Wildman–Crippen MR) is 137 cm³/mol. The lowest BCUT2D eigenvalue weighted by Crippen LogP contribution is -2.38. The molecule has 34 heavy (non-hydrogen) atoms. The van der Waals surface area contributed by atoms with Crippen molar-refractivity contribution in [3.05, 3.63) is 81.4 Å². The number of nitrogens with zero attached hydrogens (tertiary/aromatic N) is 4. The normalized spacial score (nSPS) is 12.1. The first kappa shape index (κ1) is 23.8. The number of hydrogen-bond donors (Lipinski definition) is 1. The van der Waals surface area contributed by atoms with E-state index in [4.69, 9.17) is 0 Å². The summed E-state index contributed by atoms with van der Waals surface area (Å²) in [6.07, 6.45) is 2.76. The van der Waals surface area contributed by atoms with Crippen molar-refractivity contribution in [3.8, 4) is 5.69 Å². The number of amides is 1. The fourth-order valence-corrected chi connectivity index (χ4v) is 4.44. The van der Waals surface area contributed by atoms with Crippen LogP contribution in [0.2, 0.25) is 0 Å². The lowest BCUT2D eigenvalue weighted by atomic mass is 10.1. The van der Waals surface area contributed by atoms with E-state index in [1.807, 2.05) is 51.3 Å². The average Bonchev–Trinajstić information content (AvgIpc) is 3.19. The molecule has 1 amide bonds. The summed E-state index contributed by atoms with van der Waals surface area (Å²) in [5.74, 6) is -0.247. The minimum absolute atomic E-state index is 0.247. The van der Waals surface area contributed by atoms with Gasteiger partial charge in [0, 0.05) is 11.4 Å². The summed E-state index contributed by atoms with van der Waals surface area (Å²) < 4.78 is 3.00. The lowest BCUT2D eigenvalue weighted by molar-refractivity contribution is -0.124. The molecule has 176 valence electrons. The van der Waals surface area contributed by atoms with E-state index >= 15 is 0 Å². The summed E-state index contributed by atoms with van der Waals surface area (Å²) >= 11 is 1.70. The highest BCUT2D eigenvalue weighted by Crippen LogP contribution is 2.22. The monoisotopic (exact) mass is 475 g/mol. The smallest absolute Gasteiger partial charge is 0.295 e. The zero-order valence-electron chi connectivity index (χ0n) is 20.1. The molecule has 1 unspecified atom stereocenters. The fraction of sp³-hybridized carbons (Fsp3) is 0.308. The maximum atomic E-state index is 13.3. The van der Waals surface area contributed by atoms with Gasteiger partial charge in [0.05, 0.1) is 22.5 Å². The number of aromatic nitrogens is 4. The van der Waals surface area contributed by atoms with Gasteiger partial charge >= 0.3 is 0 Å². The van der Waals surface area contributed by atoms with Crippen LogP contribution in [0.4, 0.5) is 0 Å². The second kappa shape index (κ2) is 9.85. The maximum absolute atomic E-state index is 13.3. The number of fused-ring (bicyclic) bond motifs is 1. The van der Waals surface area contributed by atoms with Crippen LogP contribution in [0.1, 0.15) is 35.5 Å². The largest absolute Gasteiger partial charge is 0.354 e. The topological polar surface area (TPSA) is 81.8 Å². The Morgan fingerprint density at radius 2 is 1.71 bits per heavy atom. The highest BCUT2D eigenvalue weighted by Gasteiger charge is 2.23. The molecule has 7 nitrogen and oxygen atoms in total. The van der Waals surface area contributed by atoms with Gasteiger partial charge in [-0.15, -0.1) is 11.8 Å². The highest BCUT2D eigenvalue weighted by molar-refractivity contribution is 7.98.